The molecule has 1 aliphatic rings. The van der Waals surface area contributed by atoms with Gasteiger partial charge in [-0.15, -0.1) is 0 Å². The van der Waals surface area contributed by atoms with E-state index in [-0.39, 0.29) is 31.2 Å². The first kappa shape index (κ1) is 19.8. The van der Waals surface area contributed by atoms with E-state index in [9.17, 15) is 9.59 Å². The molecule has 26 heavy (non-hydrogen) atoms. The summed E-state index contributed by atoms with van der Waals surface area (Å²) in [6.07, 6.45) is 4.10. The lowest BCUT2D eigenvalue weighted by atomic mass is 9.97. The smallest absolute Gasteiger partial charge is 0.338 e. The van der Waals surface area contributed by atoms with Gasteiger partial charge in [-0.25, -0.2) is 4.79 Å². The van der Waals surface area contributed by atoms with Gasteiger partial charge in [-0.2, -0.15) is 5.26 Å². The van der Waals surface area contributed by atoms with Crippen molar-refractivity contribution in [3.05, 3.63) is 29.8 Å². The molecule has 0 aromatic heterocycles. The summed E-state index contributed by atoms with van der Waals surface area (Å²) < 4.78 is 10.7. The maximum absolute atomic E-state index is 12.4. The van der Waals surface area contributed by atoms with Crippen LogP contribution in [0.15, 0.2) is 24.3 Å². The molecular formula is C20H26N2O4. The second kappa shape index (κ2) is 9.81. The number of benzene rings is 1. The maximum Gasteiger partial charge on any atom is 0.338 e. The Morgan fingerprint density at radius 2 is 1.85 bits per heavy atom. The molecule has 6 nitrogen and oxygen atoms in total. The van der Waals surface area contributed by atoms with Gasteiger partial charge in [0.15, 0.2) is 6.61 Å². The number of piperidine rings is 1. The highest BCUT2D eigenvalue weighted by Crippen LogP contribution is 2.23. The van der Waals surface area contributed by atoms with E-state index in [1.807, 2.05) is 11.0 Å². The van der Waals surface area contributed by atoms with Crippen LogP contribution in [0.3, 0.4) is 0 Å². The average molecular weight is 358 g/mol. The minimum absolute atomic E-state index is 0.00731. The topological polar surface area (TPSA) is 79.6 Å². The monoisotopic (exact) mass is 358 g/mol. The number of nitrogens with zero attached hydrogens (tertiary/aromatic N) is 2. The second-order valence-corrected chi connectivity index (χ2v) is 6.64. The number of amides is 1. The standard InChI is InChI=1S/C20H26N2O4/c1-15-6-5-7-16(2)22(15)19(23)14-26-18-10-8-17(9-11-18)20(24)25-13-4-3-12-21/h8-11,15-16H,3-7,13-14H2,1-2H3/t15-,16-/m1/s1. The lowest BCUT2D eigenvalue weighted by Crippen LogP contribution is -2.49. The predicted octanol–water partition coefficient (Wildman–Crippen LogP) is 3.32. The van der Waals surface area contributed by atoms with Crippen LogP contribution in [0.5, 0.6) is 5.75 Å². The first-order valence-corrected chi connectivity index (χ1v) is 9.11. The Labute approximate surface area is 154 Å². The number of unbranched alkanes of at least 4 members (excludes halogenated alkanes) is 1. The van der Waals surface area contributed by atoms with Crippen LogP contribution in [0, 0.1) is 11.3 Å². The maximum atomic E-state index is 12.4. The van der Waals surface area contributed by atoms with E-state index in [1.165, 1.54) is 0 Å². The Morgan fingerprint density at radius 3 is 2.46 bits per heavy atom. The molecule has 1 aromatic rings. The van der Waals surface area contributed by atoms with Gasteiger partial charge >= 0.3 is 5.97 Å². The van der Waals surface area contributed by atoms with Crippen molar-refractivity contribution in [2.75, 3.05) is 13.2 Å². The molecule has 0 radical (unpaired) electrons. The highest BCUT2D eigenvalue weighted by molar-refractivity contribution is 5.89. The SMILES string of the molecule is C[C@@H]1CCC[C@@H](C)N1C(=O)COc1ccc(C(=O)OCCCC#N)cc1. The number of nitriles is 1. The Bertz CT molecular complexity index is 641. The molecule has 0 aliphatic carbocycles. The van der Waals surface area contributed by atoms with Gasteiger partial charge in [-0.05, 0) is 63.8 Å². The minimum Gasteiger partial charge on any atom is -0.484 e. The Hall–Kier alpha value is -2.55. The molecule has 2 rings (SSSR count). The molecule has 0 spiro atoms. The van der Waals surface area contributed by atoms with Gasteiger partial charge in [0, 0.05) is 18.5 Å². The zero-order valence-electron chi connectivity index (χ0n) is 15.4. The van der Waals surface area contributed by atoms with Crippen LogP contribution in [0.25, 0.3) is 0 Å². The summed E-state index contributed by atoms with van der Waals surface area (Å²) in [5, 5.41) is 8.45. The molecule has 6 heteroatoms. The minimum atomic E-state index is -0.429. The summed E-state index contributed by atoms with van der Waals surface area (Å²) in [5.74, 6) is 0.101. The van der Waals surface area contributed by atoms with Gasteiger partial charge in [0.2, 0.25) is 0 Å². The Balaban J connectivity index is 1.82. The zero-order chi connectivity index (χ0) is 18.9. The highest BCUT2D eigenvalue weighted by atomic mass is 16.5. The van der Waals surface area contributed by atoms with Crippen molar-refractivity contribution in [3.8, 4) is 11.8 Å². The fraction of sp³-hybridized carbons (Fsp3) is 0.550. The molecule has 0 saturated carbocycles. The molecule has 1 saturated heterocycles. The molecule has 0 N–H and O–H groups in total. The quantitative estimate of drug-likeness (QED) is 0.552. The van der Waals surface area contributed by atoms with Gasteiger partial charge in [0.1, 0.15) is 5.75 Å². The zero-order valence-corrected chi connectivity index (χ0v) is 15.4. The number of esters is 1. The van der Waals surface area contributed by atoms with E-state index in [4.69, 9.17) is 14.7 Å². The second-order valence-electron chi connectivity index (χ2n) is 6.64. The highest BCUT2D eigenvalue weighted by Gasteiger charge is 2.28. The first-order valence-electron chi connectivity index (χ1n) is 9.11. The number of hydrogen-bond donors (Lipinski definition) is 0. The first-order chi connectivity index (χ1) is 12.5. The number of ether oxygens (including phenoxy) is 2. The summed E-state index contributed by atoms with van der Waals surface area (Å²) in [6, 6.07) is 9.02. The van der Waals surface area contributed by atoms with Crippen LogP contribution in [0.1, 0.15) is 56.3 Å². The number of carbonyl (C=O) groups excluding carboxylic acids is 2. The van der Waals surface area contributed by atoms with E-state index >= 15 is 0 Å². The van der Waals surface area contributed by atoms with Crippen LogP contribution in [0.2, 0.25) is 0 Å². The average Bonchev–Trinajstić information content (AvgIpc) is 2.63. The molecule has 1 amide bonds. The van der Waals surface area contributed by atoms with Crippen molar-refractivity contribution in [1.82, 2.24) is 4.90 Å². The summed E-state index contributed by atoms with van der Waals surface area (Å²) in [5.41, 5.74) is 0.416. The van der Waals surface area contributed by atoms with E-state index in [0.29, 0.717) is 24.2 Å². The normalized spacial score (nSPS) is 19.5. The van der Waals surface area contributed by atoms with Gasteiger partial charge in [-0.3, -0.25) is 4.79 Å². The number of hydrogen-bond acceptors (Lipinski definition) is 5. The Kier molecular flexibility index (Phi) is 7.46. The van der Waals surface area contributed by atoms with Gasteiger partial charge < -0.3 is 14.4 Å². The van der Waals surface area contributed by atoms with Crippen molar-refractivity contribution in [2.45, 2.75) is 58.0 Å². The largest absolute Gasteiger partial charge is 0.484 e. The van der Waals surface area contributed by atoms with Crippen molar-refractivity contribution in [2.24, 2.45) is 0 Å². The van der Waals surface area contributed by atoms with E-state index in [1.54, 1.807) is 24.3 Å². The summed E-state index contributed by atoms with van der Waals surface area (Å²) in [6.45, 7) is 4.37. The lowest BCUT2D eigenvalue weighted by molar-refractivity contribution is -0.139. The van der Waals surface area contributed by atoms with E-state index in [2.05, 4.69) is 13.8 Å². The van der Waals surface area contributed by atoms with E-state index in [0.717, 1.165) is 19.3 Å². The fourth-order valence-corrected chi connectivity index (χ4v) is 3.22. The number of rotatable bonds is 7. The molecule has 0 bridgehead atoms. The van der Waals surface area contributed by atoms with Crippen molar-refractivity contribution in [1.29, 1.82) is 5.26 Å². The third-order valence-electron chi connectivity index (χ3n) is 4.60. The molecule has 1 aromatic carbocycles. The van der Waals surface area contributed by atoms with Crippen molar-refractivity contribution < 1.29 is 19.1 Å². The van der Waals surface area contributed by atoms with Gasteiger partial charge in [0.05, 0.1) is 18.2 Å². The van der Waals surface area contributed by atoms with E-state index < -0.39 is 5.97 Å². The molecule has 140 valence electrons. The van der Waals surface area contributed by atoms with Gasteiger partial charge in [0.25, 0.3) is 5.91 Å². The summed E-state index contributed by atoms with van der Waals surface area (Å²) >= 11 is 0. The summed E-state index contributed by atoms with van der Waals surface area (Å²) in [4.78, 5) is 26.2. The van der Waals surface area contributed by atoms with Crippen LogP contribution >= 0.6 is 0 Å². The molecule has 0 unspecified atom stereocenters. The Morgan fingerprint density at radius 1 is 1.19 bits per heavy atom. The van der Waals surface area contributed by atoms with Crippen molar-refractivity contribution >= 4 is 11.9 Å². The number of carbonyl (C=O) groups is 2. The van der Waals surface area contributed by atoms with Crippen LogP contribution in [0.4, 0.5) is 0 Å². The lowest BCUT2D eigenvalue weighted by Gasteiger charge is -2.38. The van der Waals surface area contributed by atoms with Gasteiger partial charge in [-0.1, -0.05) is 0 Å². The molecule has 1 aliphatic heterocycles. The van der Waals surface area contributed by atoms with Crippen LogP contribution in [-0.4, -0.2) is 42.1 Å². The third-order valence-corrected chi connectivity index (χ3v) is 4.60. The van der Waals surface area contributed by atoms with Crippen molar-refractivity contribution in [3.63, 3.8) is 0 Å². The molecule has 2 atom stereocenters. The molecule has 1 fully saturated rings. The number of likely N-dealkylation sites (tertiary alicyclic amines) is 1. The summed E-state index contributed by atoms with van der Waals surface area (Å²) in [7, 11) is 0. The third kappa shape index (κ3) is 5.48. The van der Waals surface area contributed by atoms with Crippen LogP contribution < -0.4 is 4.74 Å². The molecule has 1 heterocycles. The van der Waals surface area contributed by atoms with Crippen LogP contribution in [-0.2, 0) is 9.53 Å². The fourth-order valence-electron chi connectivity index (χ4n) is 3.22. The predicted molar refractivity (Wildman–Crippen MR) is 96.7 cm³/mol. The molecular weight excluding hydrogens is 332 g/mol.